The molecule has 1 aliphatic heterocycles. The van der Waals surface area contributed by atoms with Crippen LogP contribution in [0.5, 0.6) is 0 Å². The maximum Gasteiger partial charge on any atom is 0.0702 e. The number of rotatable bonds is 2. The van der Waals surface area contributed by atoms with Crippen LogP contribution in [0.4, 0.5) is 5.69 Å². The van der Waals surface area contributed by atoms with Gasteiger partial charge < -0.3 is 10.1 Å². The van der Waals surface area contributed by atoms with Gasteiger partial charge >= 0.3 is 0 Å². The van der Waals surface area contributed by atoms with Gasteiger partial charge in [0.1, 0.15) is 0 Å². The third kappa shape index (κ3) is 3.20. The lowest BCUT2D eigenvalue weighted by atomic mass is 9.78. The Morgan fingerprint density at radius 3 is 2.80 bits per heavy atom. The van der Waals surface area contributed by atoms with Crippen LogP contribution in [-0.2, 0) is 4.74 Å². The summed E-state index contributed by atoms with van der Waals surface area (Å²) in [5, 5.41) is 3.71. The van der Waals surface area contributed by atoms with Crippen LogP contribution in [-0.4, -0.2) is 18.2 Å². The van der Waals surface area contributed by atoms with Crippen LogP contribution < -0.4 is 5.32 Å². The Bertz CT molecular complexity index is 463. The molecule has 3 rings (SSSR count). The molecule has 20 heavy (non-hydrogen) atoms. The number of hydrogen-bond donors (Lipinski definition) is 1. The lowest BCUT2D eigenvalue weighted by Gasteiger charge is -2.44. The van der Waals surface area contributed by atoms with Gasteiger partial charge in [-0.25, -0.2) is 0 Å². The van der Waals surface area contributed by atoms with Crippen molar-refractivity contribution in [3.05, 3.63) is 28.2 Å². The Morgan fingerprint density at radius 1 is 1.25 bits per heavy atom. The highest BCUT2D eigenvalue weighted by Gasteiger charge is 2.38. The summed E-state index contributed by atoms with van der Waals surface area (Å²) < 4.78 is 7.35. The van der Waals surface area contributed by atoms with Crippen molar-refractivity contribution in [3.63, 3.8) is 0 Å². The van der Waals surface area contributed by atoms with E-state index in [-0.39, 0.29) is 5.60 Å². The maximum atomic E-state index is 6.17. The SMILES string of the molecule is Cc1ccc(NC2CCOC3(CCCCC3)C2)cc1Br. The van der Waals surface area contributed by atoms with E-state index in [4.69, 9.17) is 4.74 Å². The molecule has 0 bridgehead atoms. The molecule has 1 atom stereocenters. The number of benzene rings is 1. The molecule has 1 saturated heterocycles. The van der Waals surface area contributed by atoms with Crippen LogP contribution in [0.2, 0.25) is 0 Å². The Hall–Kier alpha value is -0.540. The van der Waals surface area contributed by atoms with E-state index in [9.17, 15) is 0 Å². The van der Waals surface area contributed by atoms with Crippen LogP contribution in [0.3, 0.4) is 0 Å². The molecule has 0 radical (unpaired) electrons. The molecule has 1 saturated carbocycles. The van der Waals surface area contributed by atoms with E-state index in [2.05, 4.69) is 46.4 Å². The normalized spacial score (nSPS) is 25.6. The summed E-state index contributed by atoms with van der Waals surface area (Å²) in [5.41, 5.74) is 2.68. The van der Waals surface area contributed by atoms with Gasteiger partial charge in [-0.1, -0.05) is 41.3 Å². The summed E-state index contributed by atoms with van der Waals surface area (Å²) in [6, 6.07) is 7.10. The van der Waals surface area contributed by atoms with Gasteiger partial charge in [-0.3, -0.25) is 0 Å². The molecule has 110 valence electrons. The monoisotopic (exact) mass is 337 g/mol. The third-order valence-electron chi connectivity index (χ3n) is 4.80. The summed E-state index contributed by atoms with van der Waals surface area (Å²) >= 11 is 3.62. The second kappa shape index (κ2) is 6.07. The molecule has 1 aromatic carbocycles. The molecule has 1 unspecified atom stereocenters. The van der Waals surface area contributed by atoms with Gasteiger partial charge in [-0.15, -0.1) is 0 Å². The van der Waals surface area contributed by atoms with Crippen molar-refractivity contribution in [2.45, 2.75) is 63.5 Å². The fourth-order valence-corrected chi connectivity index (χ4v) is 3.99. The number of aryl methyl sites for hydroxylation is 1. The molecule has 1 N–H and O–H groups in total. The van der Waals surface area contributed by atoms with Crippen LogP contribution >= 0.6 is 15.9 Å². The summed E-state index contributed by atoms with van der Waals surface area (Å²) in [6.45, 7) is 3.03. The molecule has 2 fully saturated rings. The predicted molar refractivity (Wildman–Crippen MR) is 87.3 cm³/mol. The first-order chi connectivity index (χ1) is 9.67. The van der Waals surface area contributed by atoms with Gasteiger partial charge in [-0.2, -0.15) is 0 Å². The molecule has 1 aromatic rings. The van der Waals surface area contributed by atoms with Crippen LogP contribution in [0.15, 0.2) is 22.7 Å². The maximum absolute atomic E-state index is 6.17. The molecule has 2 aliphatic rings. The summed E-state index contributed by atoms with van der Waals surface area (Å²) in [4.78, 5) is 0. The standard InChI is InChI=1S/C17H24BrNO/c1-13-5-6-14(11-16(13)18)19-15-7-10-20-17(12-15)8-3-2-4-9-17/h5-6,11,15,19H,2-4,7-10,12H2,1H3. The van der Waals surface area contributed by atoms with Crippen molar-refractivity contribution in [2.75, 3.05) is 11.9 Å². The van der Waals surface area contributed by atoms with Gasteiger partial charge in [0.25, 0.3) is 0 Å². The van der Waals surface area contributed by atoms with Gasteiger partial charge in [0.05, 0.1) is 5.60 Å². The van der Waals surface area contributed by atoms with Crippen molar-refractivity contribution >= 4 is 21.6 Å². The van der Waals surface area contributed by atoms with Crippen molar-refractivity contribution in [1.82, 2.24) is 0 Å². The predicted octanol–water partition coefficient (Wildman–Crippen LogP) is 5.05. The fraction of sp³-hybridized carbons (Fsp3) is 0.647. The van der Waals surface area contributed by atoms with E-state index in [1.807, 2.05) is 0 Å². The van der Waals surface area contributed by atoms with Crippen LogP contribution in [0, 0.1) is 6.92 Å². The highest BCUT2D eigenvalue weighted by molar-refractivity contribution is 9.10. The Morgan fingerprint density at radius 2 is 2.05 bits per heavy atom. The smallest absolute Gasteiger partial charge is 0.0702 e. The number of nitrogens with one attached hydrogen (secondary N) is 1. The average Bonchev–Trinajstić information content (AvgIpc) is 2.44. The number of anilines is 1. The molecule has 1 spiro atoms. The molecule has 1 aliphatic carbocycles. The van der Waals surface area contributed by atoms with Crippen LogP contribution in [0.25, 0.3) is 0 Å². The number of ether oxygens (including phenoxy) is 1. The Balaban J connectivity index is 1.66. The van der Waals surface area contributed by atoms with Gasteiger partial charge in [0, 0.05) is 22.8 Å². The topological polar surface area (TPSA) is 21.3 Å². The molecule has 2 nitrogen and oxygen atoms in total. The molecular weight excluding hydrogens is 314 g/mol. The highest BCUT2D eigenvalue weighted by atomic mass is 79.9. The zero-order chi connectivity index (χ0) is 14.0. The largest absolute Gasteiger partial charge is 0.382 e. The van der Waals surface area contributed by atoms with E-state index in [1.165, 1.54) is 54.2 Å². The summed E-state index contributed by atoms with van der Waals surface area (Å²) in [7, 11) is 0. The number of halogens is 1. The average molecular weight is 338 g/mol. The van der Waals surface area contributed by atoms with Crippen molar-refractivity contribution in [2.24, 2.45) is 0 Å². The third-order valence-corrected chi connectivity index (χ3v) is 5.65. The molecule has 1 heterocycles. The van der Waals surface area contributed by atoms with Crippen molar-refractivity contribution in [1.29, 1.82) is 0 Å². The van der Waals surface area contributed by atoms with E-state index >= 15 is 0 Å². The van der Waals surface area contributed by atoms with Gasteiger partial charge in [-0.05, 0) is 50.3 Å². The molecular formula is C17H24BrNO. The minimum Gasteiger partial charge on any atom is -0.382 e. The lowest BCUT2D eigenvalue weighted by Crippen LogP contribution is -2.45. The minimum atomic E-state index is 0.177. The minimum absolute atomic E-state index is 0.177. The summed E-state index contributed by atoms with van der Waals surface area (Å²) in [6.07, 6.45) is 8.84. The first kappa shape index (κ1) is 14.4. The highest BCUT2D eigenvalue weighted by Crippen LogP contribution is 2.39. The van der Waals surface area contributed by atoms with Gasteiger partial charge in [0.2, 0.25) is 0 Å². The van der Waals surface area contributed by atoms with E-state index < -0.39 is 0 Å². The zero-order valence-electron chi connectivity index (χ0n) is 12.3. The lowest BCUT2D eigenvalue weighted by molar-refractivity contribution is -0.103. The molecule has 3 heteroatoms. The van der Waals surface area contributed by atoms with Crippen molar-refractivity contribution in [3.8, 4) is 0 Å². The molecule has 0 aromatic heterocycles. The Labute approximate surface area is 130 Å². The van der Waals surface area contributed by atoms with E-state index in [0.717, 1.165) is 13.0 Å². The first-order valence-electron chi connectivity index (χ1n) is 7.84. The zero-order valence-corrected chi connectivity index (χ0v) is 13.8. The van der Waals surface area contributed by atoms with E-state index in [0.29, 0.717) is 6.04 Å². The Kier molecular flexibility index (Phi) is 4.37. The fourth-order valence-electron chi connectivity index (χ4n) is 3.61. The quantitative estimate of drug-likeness (QED) is 0.815. The second-order valence-corrected chi connectivity index (χ2v) is 7.24. The van der Waals surface area contributed by atoms with Crippen molar-refractivity contribution < 1.29 is 4.74 Å². The molecule has 0 amide bonds. The van der Waals surface area contributed by atoms with Gasteiger partial charge in [0.15, 0.2) is 0 Å². The van der Waals surface area contributed by atoms with Crippen LogP contribution in [0.1, 0.15) is 50.5 Å². The second-order valence-electron chi connectivity index (χ2n) is 6.39. The first-order valence-corrected chi connectivity index (χ1v) is 8.63. The summed E-state index contributed by atoms with van der Waals surface area (Å²) in [5.74, 6) is 0. The van der Waals surface area contributed by atoms with E-state index in [1.54, 1.807) is 0 Å². The number of hydrogen-bond acceptors (Lipinski definition) is 2.